The number of carbonyl (C=O) groups is 3. The molecule has 3 amide bonds. The number of aliphatic carboxylic acids is 1. The number of carboxylic acids is 1. The Bertz CT molecular complexity index is 488. The van der Waals surface area contributed by atoms with Crippen molar-refractivity contribution in [2.45, 2.75) is 19.4 Å². The van der Waals surface area contributed by atoms with E-state index in [0.29, 0.717) is 12.2 Å². The third-order valence-corrected chi connectivity index (χ3v) is 2.88. The van der Waals surface area contributed by atoms with Gasteiger partial charge in [-0.2, -0.15) is 0 Å². The summed E-state index contributed by atoms with van der Waals surface area (Å²) in [6.07, 6.45) is 2.98. The van der Waals surface area contributed by atoms with Gasteiger partial charge in [-0.1, -0.05) is 0 Å². The molecule has 0 aliphatic carbocycles. The number of amides is 3. The summed E-state index contributed by atoms with van der Waals surface area (Å²) >= 11 is 0. The van der Waals surface area contributed by atoms with Gasteiger partial charge in [-0.15, -0.1) is 0 Å². The molecule has 1 rings (SSSR count). The number of carboxylic acid groups (broad SMARTS) is 1. The van der Waals surface area contributed by atoms with Crippen LogP contribution in [0.4, 0.5) is 4.79 Å². The molecule has 0 aromatic carbocycles. The van der Waals surface area contributed by atoms with Gasteiger partial charge >= 0.3 is 12.0 Å². The number of urea groups is 1. The lowest BCUT2D eigenvalue weighted by atomic mass is 10.2. The normalized spacial score (nSPS) is 11.5. The first kappa shape index (κ1) is 16.5. The van der Waals surface area contributed by atoms with Crippen LogP contribution in [0.2, 0.25) is 0 Å². The Labute approximate surface area is 121 Å². The van der Waals surface area contributed by atoms with Gasteiger partial charge in [0, 0.05) is 31.9 Å². The van der Waals surface area contributed by atoms with E-state index in [1.165, 1.54) is 17.4 Å². The van der Waals surface area contributed by atoms with Crippen LogP contribution in [-0.4, -0.2) is 64.1 Å². The minimum atomic E-state index is -1.17. The first-order chi connectivity index (χ1) is 9.93. The Balaban J connectivity index is 2.46. The fraction of sp³-hybridized carbons (Fsp3) is 0.500. The van der Waals surface area contributed by atoms with Gasteiger partial charge in [0.25, 0.3) is 0 Å². The number of H-pyrrole nitrogens is 1. The highest BCUT2D eigenvalue weighted by atomic mass is 16.4. The minimum Gasteiger partial charge on any atom is -0.480 e. The molecule has 4 N–H and O–H groups in total. The molecule has 21 heavy (non-hydrogen) atoms. The van der Waals surface area contributed by atoms with Gasteiger partial charge in [0.05, 0.1) is 12.9 Å². The van der Waals surface area contributed by atoms with Crippen LogP contribution in [0.1, 0.15) is 12.6 Å². The van der Waals surface area contributed by atoms with Gasteiger partial charge in [-0.05, 0) is 6.92 Å². The highest BCUT2D eigenvalue weighted by molar-refractivity contribution is 5.86. The second-order valence-electron chi connectivity index (χ2n) is 4.41. The number of carbonyl (C=O) groups excluding carboxylic acids is 2. The third kappa shape index (κ3) is 5.51. The smallest absolute Gasteiger partial charge is 0.326 e. The van der Waals surface area contributed by atoms with Crippen LogP contribution in [0.3, 0.4) is 0 Å². The maximum absolute atomic E-state index is 11.6. The molecule has 0 saturated heterocycles. The predicted octanol–water partition coefficient (Wildman–Crippen LogP) is -0.817. The summed E-state index contributed by atoms with van der Waals surface area (Å²) in [6.45, 7) is 2.15. The number of likely N-dealkylation sites (N-methyl/N-ethyl adjacent to an activating group) is 1. The average Bonchev–Trinajstić information content (AvgIpc) is 2.95. The Kier molecular flexibility index (Phi) is 6.18. The van der Waals surface area contributed by atoms with Crippen LogP contribution in [0, 0.1) is 0 Å². The molecule has 1 heterocycles. The van der Waals surface area contributed by atoms with Crippen LogP contribution in [0.25, 0.3) is 0 Å². The van der Waals surface area contributed by atoms with Crippen molar-refractivity contribution in [2.75, 3.05) is 20.1 Å². The van der Waals surface area contributed by atoms with Crippen LogP contribution in [-0.2, 0) is 16.0 Å². The molecule has 0 aliphatic heterocycles. The zero-order valence-corrected chi connectivity index (χ0v) is 11.9. The molecular weight excluding hydrogens is 278 g/mol. The standard InChI is InChI=1S/C12H19N5O4/c1-3-17(2)10(18)6-14-12(21)16-9(11(19)20)4-8-5-13-7-15-8/h5,7,9H,3-4,6H2,1-2H3,(H,13,15)(H,19,20)(H2,14,16,21)/t9-/m0/s1. The predicted molar refractivity (Wildman–Crippen MR) is 73.6 cm³/mol. The molecule has 0 radical (unpaired) electrons. The Morgan fingerprint density at radius 1 is 1.48 bits per heavy atom. The molecule has 1 aromatic heterocycles. The number of hydrogen-bond acceptors (Lipinski definition) is 4. The summed E-state index contributed by atoms with van der Waals surface area (Å²) in [5, 5.41) is 13.7. The number of nitrogens with one attached hydrogen (secondary N) is 3. The van der Waals surface area contributed by atoms with Gasteiger partial charge in [-0.3, -0.25) is 4.79 Å². The molecule has 0 bridgehead atoms. The Morgan fingerprint density at radius 3 is 2.71 bits per heavy atom. The molecule has 0 unspecified atom stereocenters. The first-order valence-electron chi connectivity index (χ1n) is 6.42. The Morgan fingerprint density at radius 2 is 2.19 bits per heavy atom. The monoisotopic (exact) mass is 297 g/mol. The van der Waals surface area contributed by atoms with Crippen molar-refractivity contribution in [1.82, 2.24) is 25.5 Å². The molecule has 9 nitrogen and oxygen atoms in total. The van der Waals surface area contributed by atoms with Crippen LogP contribution < -0.4 is 10.6 Å². The second-order valence-corrected chi connectivity index (χ2v) is 4.41. The van der Waals surface area contributed by atoms with Crippen molar-refractivity contribution in [3.8, 4) is 0 Å². The van der Waals surface area contributed by atoms with Crippen molar-refractivity contribution in [2.24, 2.45) is 0 Å². The second kappa shape index (κ2) is 7.88. The van der Waals surface area contributed by atoms with Crippen LogP contribution in [0.5, 0.6) is 0 Å². The zero-order valence-electron chi connectivity index (χ0n) is 11.9. The van der Waals surface area contributed by atoms with Gasteiger partial charge in [-0.25, -0.2) is 14.6 Å². The highest BCUT2D eigenvalue weighted by Gasteiger charge is 2.21. The van der Waals surface area contributed by atoms with E-state index in [9.17, 15) is 14.4 Å². The van der Waals surface area contributed by atoms with E-state index in [-0.39, 0.29) is 18.9 Å². The molecule has 0 aliphatic rings. The van der Waals surface area contributed by atoms with E-state index in [0.717, 1.165) is 0 Å². The summed E-state index contributed by atoms with van der Waals surface area (Å²) in [7, 11) is 1.61. The molecule has 116 valence electrons. The molecular formula is C12H19N5O4. The quantitative estimate of drug-likeness (QED) is 0.523. The summed E-state index contributed by atoms with van der Waals surface area (Å²) in [6, 6.07) is -1.82. The lowest BCUT2D eigenvalue weighted by Gasteiger charge is -2.17. The summed E-state index contributed by atoms with van der Waals surface area (Å²) in [5.74, 6) is -1.43. The molecule has 0 spiro atoms. The molecule has 0 saturated carbocycles. The lowest BCUT2D eigenvalue weighted by Crippen LogP contribution is -2.49. The number of nitrogens with zero attached hydrogens (tertiary/aromatic N) is 2. The van der Waals surface area contributed by atoms with E-state index >= 15 is 0 Å². The van der Waals surface area contributed by atoms with E-state index in [1.54, 1.807) is 7.05 Å². The summed E-state index contributed by atoms with van der Waals surface area (Å²) < 4.78 is 0. The van der Waals surface area contributed by atoms with Crippen LogP contribution >= 0.6 is 0 Å². The molecule has 9 heteroatoms. The van der Waals surface area contributed by atoms with Crippen LogP contribution in [0.15, 0.2) is 12.5 Å². The molecule has 1 aromatic rings. The summed E-state index contributed by atoms with van der Waals surface area (Å²) in [4.78, 5) is 42.2. The van der Waals surface area contributed by atoms with Gasteiger partial charge in [0.15, 0.2) is 0 Å². The lowest BCUT2D eigenvalue weighted by molar-refractivity contribution is -0.139. The topological polar surface area (TPSA) is 127 Å². The SMILES string of the molecule is CCN(C)C(=O)CNC(=O)N[C@@H](Cc1cnc[nH]1)C(=O)O. The van der Waals surface area contributed by atoms with E-state index < -0.39 is 18.0 Å². The summed E-state index contributed by atoms with van der Waals surface area (Å²) in [5.41, 5.74) is 0.587. The van der Waals surface area contributed by atoms with Crippen molar-refractivity contribution in [3.05, 3.63) is 18.2 Å². The third-order valence-electron chi connectivity index (χ3n) is 2.88. The molecule has 0 fully saturated rings. The van der Waals surface area contributed by atoms with Gasteiger partial charge < -0.3 is 25.6 Å². The van der Waals surface area contributed by atoms with Crippen molar-refractivity contribution in [1.29, 1.82) is 0 Å². The fourth-order valence-electron chi connectivity index (χ4n) is 1.49. The Hall–Kier alpha value is -2.58. The zero-order chi connectivity index (χ0) is 15.8. The number of imidazole rings is 1. The maximum atomic E-state index is 11.6. The maximum Gasteiger partial charge on any atom is 0.326 e. The number of rotatable bonds is 7. The van der Waals surface area contributed by atoms with Crippen molar-refractivity contribution in [3.63, 3.8) is 0 Å². The van der Waals surface area contributed by atoms with E-state index in [2.05, 4.69) is 20.6 Å². The number of hydrogen-bond donors (Lipinski definition) is 4. The van der Waals surface area contributed by atoms with Crippen molar-refractivity contribution < 1.29 is 19.5 Å². The minimum absolute atomic E-state index is 0.0750. The molecule has 1 atom stereocenters. The fourth-order valence-corrected chi connectivity index (χ4v) is 1.49. The largest absolute Gasteiger partial charge is 0.480 e. The van der Waals surface area contributed by atoms with E-state index in [4.69, 9.17) is 5.11 Å². The number of aromatic nitrogens is 2. The first-order valence-corrected chi connectivity index (χ1v) is 6.42. The average molecular weight is 297 g/mol. The van der Waals surface area contributed by atoms with Gasteiger partial charge in [0.2, 0.25) is 5.91 Å². The van der Waals surface area contributed by atoms with E-state index in [1.807, 2.05) is 6.92 Å². The number of aromatic amines is 1. The highest BCUT2D eigenvalue weighted by Crippen LogP contribution is 1.98. The van der Waals surface area contributed by atoms with Crippen molar-refractivity contribution >= 4 is 17.9 Å². The van der Waals surface area contributed by atoms with Gasteiger partial charge in [0.1, 0.15) is 6.04 Å².